The van der Waals surface area contributed by atoms with Crippen LogP contribution in [-0.2, 0) is 16.4 Å². The molecule has 0 heterocycles. The quantitative estimate of drug-likeness (QED) is 0.775. The van der Waals surface area contributed by atoms with Crippen LogP contribution in [0.25, 0.3) is 0 Å². The number of hydrogen-bond donors (Lipinski definition) is 1. The summed E-state index contributed by atoms with van der Waals surface area (Å²) < 4.78 is 27.0. The van der Waals surface area contributed by atoms with Crippen molar-refractivity contribution >= 4 is 21.6 Å². The van der Waals surface area contributed by atoms with Gasteiger partial charge in [-0.1, -0.05) is 45.0 Å². The molecule has 1 N–H and O–H groups in total. The van der Waals surface area contributed by atoms with Crippen molar-refractivity contribution in [3.8, 4) is 0 Å². The minimum absolute atomic E-state index is 0.141. The van der Waals surface area contributed by atoms with Crippen LogP contribution in [0.1, 0.15) is 47.8 Å². The number of aryl methyl sites for hydroxylation is 3. The lowest BCUT2D eigenvalue weighted by Crippen LogP contribution is -2.30. The number of benzene rings is 2. The fourth-order valence-electron chi connectivity index (χ4n) is 3.10. The van der Waals surface area contributed by atoms with Crippen molar-refractivity contribution in [2.45, 2.75) is 45.9 Å². The zero-order valence-electron chi connectivity index (χ0n) is 16.7. The third-order valence-corrected chi connectivity index (χ3v) is 6.82. The van der Waals surface area contributed by atoms with E-state index >= 15 is 0 Å². The Kier molecular flexibility index (Phi) is 6.78. The monoisotopic (exact) mass is 388 g/mol. The molecule has 146 valence electrons. The van der Waals surface area contributed by atoms with Crippen LogP contribution in [-0.4, -0.2) is 31.7 Å². The van der Waals surface area contributed by atoms with Crippen LogP contribution in [0.5, 0.6) is 0 Å². The zero-order chi connectivity index (χ0) is 20.2. The van der Waals surface area contributed by atoms with E-state index < -0.39 is 10.0 Å². The van der Waals surface area contributed by atoms with Gasteiger partial charge in [0.25, 0.3) is 5.91 Å². The topological polar surface area (TPSA) is 66.5 Å². The Hall–Kier alpha value is -2.18. The molecule has 2 aromatic carbocycles. The Bertz CT molecular complexity index is 932. The molecule has 0 saturated heterocycles. The van der Waals surface area contributed by atoms with Crippen molar-refractivity contribution in [1.29, 1.82) is 0 Å². The van der Waals surface area contributed by atoms with E-state index in [0.29, 0.717) is 18.7 Å². The Morgan fingerprint density at radius 3 is 2.26 bits per heavy atom. The van der Waals surface area contributed by atoms with Gasteiger partial charge < -0.3 is 5.32 Å². The van der Waals surface area contributed by atoms with Crippen molar-refractivity contribution in [2.24, 2.45) is 0 Å². The average Bonchev–Trinajstić information content (AvgIpc) is 2.64. The molecule has 0 bridgehead atoms. The third kappa shape index (κ3) is 4.39. The van der Waals surface area contributed by atoms with Crippen LogP contribution in [0.4, 0.5) is 5.69 Å². The molecule has 0 radical (unpaired) electrons. The molecule has 27 heavy (non-hydrogen) atoms. The number of carbonyl (C=O) groups excluding carboxylic acids is 1. The molecule has 6 heteroatoms. The lowest BCUT2D eigenvalue weighted by Gasteiger charge is -2.19. The smallest absolute Gasteiger partial charge is 0.255 e. The molecule has 2 rings (SSSR count). The first kappa shape index (κ1) is 21.1. The van der Waals surface area contributed by atoms with E-state index in [1.54, 1.807) is 32.9 Å². The maximum Gasteiger partial charge on any atom is 0.255 e. The molecule has 0 atom stereocenters. The van der Waals surface area contributed by atoms with Gasteiger partial charge in [0.15, 0.2) is 0 Å². The number of nitrogens with one attached hydrogen (secondary N) is 1. The minimum atomic E-state index is -3.61. The molecule has 0 aliphatic heterocycles. The molecular weight excluding hydrogens is 360 g/mol. The molecule has 0 fully saturated rings. The fourth-order valence-corrected chi connectivity index (χ4v) is 4.59. The summed E-state index contributed by atoms with van der Waals surface area (Å²) in [6.45, 7) is 10.2. The number of para-hydroxylation sites is 1. The van der Waals surface area contributed by atoms with Gasteiger partial charge in [-0.15, -0.1) is 0 Å². The van der Waals surface area contributed by atoms with Gasteiger partial charge in [0.1, 0.15) is 0 Å². The van der Waals surface area contributed by atoms with E-state index in [9.17, 15) is 13.2 Å². The molecule has 0 spiro atoms. The van der Waals surface area contributed by atoms with Crippen LogP contribution in [0, 0.1) is 13.8 Å². The lowest BCUT2D eigenvalue weighted by atomic mass is 10.0. The molecule has 0 aliphatic carbocycles. The Balaban J connectivity index is 2.44. The van der Waals surface area contributed by atoms with Crippen LogP contribution in [0.2, 0.25) is 0 Å². The summed E-state index contributed by atoms with van der Waals surface area (Å²) in [6.07, 6.45) is 0.798. The van der Waals surface area contributed by atoms with E-state index in [2.05, 4.69) is 5.32 Å². The fraction of sp³-hybridized carbons (Fsp3) is 0.381. The minimum Gasteiger partial charge on any atom is -0.321 e. The van der Waals surface area contributed by atoms with Crippen LogP contribution < -0.4 is 5.32 Å². The highest BCUT2D eigenvalue weighted by atomic mass is 32.2. The van der Waals surface area contributed by atoms with E-state index in [-0.39, 0.29) is 10.8 Å². The van der Waals surface area contributed by atoms with E-state index in [1.807, 2.05) is 32.0 Å². The van der Waals surface area contributed by atoms with Gasteiger partial charge >= 0.3 is 0 Å². The molecule has 5 nitrogen and oxygen atoms in total. The Morgan fingerprint density at radius 1 is 1.00 bits per heavy atom. The predicted molar refractivity (Wildman–Crippen MR) is 110 cm³/mol. The highest BCUT2D eigenvalue weighted by Gasteiger charge is 2.23. The van der Waals surface area contributed by atoms with E-state index in [4.69, 9.17) is 0 Å². The summed E-state index contributed by atoms with van der Waals surface area (Å²) in [7, 11) is -3.61. The van der Waals surface area contributed by atoms with Crippen molar-refractivity contribution in [2.75, 3.05) is 18.4 Å². The second-order valence-corrected chi connectivity index (χ2v) is 8.42. The average molecular weight is 389 g/mol. The zero-order valence-corrected chi connectivity index (χ0v) is 17.5. The highest BCUT2D eigenvalue weighted by molar-refractivity contribution is 7.89. The largest absolute Gasteiger partial charge is 0.321 e. The summed E-state index contributed by atoms with van der Waals surface area (Å²) in [5.41, 5.74) is 3.92. The van der Waals surface area contributed by atoms with Gasteiger partial charge in [-0.05, 0) is 49.1 Å². The SMILES string of the molecule is CCc1cccc(C)c1NC(=O)c1cc(S(=O)(=O)N(CC)CC)ccc1C. The number of anilines is 1. The van der Waals surface area contributed by atoms with E-state index in [1.165, 1.54) is 10.4 Å². The summed E-state index contributed by atoms with van der Waals surface area (Å²) in [4.78, 5) is 13.1. The standard InChI is InChI=1S/C21H28N2O3S/c1-6-17-11-9-10-16(5)20(17)22-21(24)19-14-18(13-12-15(19)4)27(25,26)23(7-2)8-3/h9-14H,6-8H2,1-5H3,(H,22,24). The summed E-state index contributed by atoms with van der Waals surface area (Å²) in [5, 5.41) is 2.98. The van der Waals surface area contributed by atoms with E-state index in [0.717, 1.165) is 28.8 Å². The maximum atomic E-state index is 12.9. The summed E-state index contributed by atoms with van der Waals surface area (Å²) >= 11 is 0. The van der Waals surface area contributed by atoms with Crippen molar-refractivity contribution in [3.63, 3.8) is 0 Å². The summed E-state index contributed by atoms with van der Waals surface area (Å²) in [6, 6.07) is 10.6. The Labute approximate surface area is 162 Å². The first-order valence-corrected chi connectivity index (χ1v) is 10.7. The molecular formula is C21H28N2O3S. The highest BCUT2D eigenvalue weighted by Crippen LogP contribution is 2.24. The van der Waals surface area contributed by atoms with Crippen molar-refractivity contribution in [1.82, 2.24) is 4.31 Å². The third-order valence-electron chi connectivity index (χ3n) is 4.78. The first-order valence-electron chi connectivity index (χ1n) is 9.26. The van der Waals surface area contributed by atoms with Crippen molar-refractivity contribution in [3.05, 3.63) is 58.7 Å². The van der Waals surface area contributed by atoms with Gasteiger partial charge in [-0.25, -0.2) is 8.42 Å². The van der Waals surface area contributed by atoms with Gasteiger partial charge in [0.05, 0.1) is 4.90 Å². The van der Waals surface area contributed by atoms with Crippen LogP contribution in [0.15, 0.2) is 41.3 Å². The van der Waals surface area contributed by atoms with Crippen LogP contribution in [0.3, 0.4) is 0 Å². The molecule has 0 saturated carbocycles. The van der Waals surface area contributed by atoms with Crippen molar-refractivity contribution < 1.29 is 13.2 Å². The van der Waals surface area contributed by atoms with Crippen LogP contribution >= 0.6 is 0 Å². The second-order valence-electron chi connectivity index (χ2n) is 6.48. The molecule has 0 aromatic heterocycles. The number of hydrogen-bond acceptors (Lipinski definition) is 3. The van der Waals surface area contributed by atoms with Gasteiger partial charge in [0, 0.05) is 24.3 Å². The molecule has 2 aromatic rings. The number of sulfonamides is 1. The van der Waals surface area contributed by atoms with Gasteiger partial charge in [-0.2, -0.15) is 4.31 Å². The summed E-state index contributed by atoms with van der Waals surface area (Å²) in [5.74, 6) is -0.298. The predicted octanol–water partition coefficient (Wildman–Crippen LogP) is 4.15. The maximum absolute atomic E-state index is 12.9. The molecule has 1 amide bonds. The normalized spacial score (nSPS) is 11.6. The molecule has 0 unspecified atom stereocenters. The lowest BCUT2D eigenvalue weighted by molar-refractivity contribution is 0.102. The number of carbonyl (C=O) groups is 1. The number of nitrogens with zero attached hydrogens (tertiary/aromatic N) is 1. The number of amides is 1. The molecule has 0 aliphatic rings. The van der Waals surface area contributed by atoms with Gasteiger partial charge in [0.2, 0.25) is 10.0 Å². The number of rotatable bonds is 7. The second kappa shape index (κ2) is 8.67. The first-order chi connectivity index (χ1) is 12.8. The van der Waals surface area contributed by atoms with Gasteiger partial charge in [-0.3, -0.25) is 4.79 Å². The Morgan fingerprint density at radius 2 is 1.67 bits per heavy atom.